The fraction of sp³-hybridized carbons (Fsp3) is 0.360. The molecule has 6 nitrogen and oxygen atoms in total. The van der Waals surface area contributed by atoms with Gasteiger partial charge in [0.15, 0.2) is 6.23 Å². The molecule has 0 saturated carbocycles. The Hall–Kier alpha value is -2.96. The first-order valence-corrected chi connectivity index (χ1v) is 10.9. The van der Waals surface area contributed by atoms with Crippen LogP contribution in [-0.2, 0) is 9.53 Å². The molecule has 1 aromatic heterocycles. The lowest BCUT2D eigenvalue weighted by molar-refractivity contribution is -0.121. The van der Waals surface area contributed by atoms with Gasteiger partial charge < -0.3 is 20.0 Å². The van der Waals surface area contributed by atoms with Gasteiger partial charge in [-0.1, -0.05) is 36.4 Å². The van der Waals surface area contributed by atoms with Crippen molar-refractivity contribution >= 4 is 22.9 Å². The van der Waals surface area contributed by atoms with E-state index in [-0.39, 0.29) is 18.2 Å². The quantitative estimate of drug-likeness (QED) is 0.503. The van der Waals surface area contributed by atoms with Crippen LogP contribution in [0.15, 0.2) is 60.8 Å². The number of benzene rings is 2. The van der Waals surface area contributed by atoms with Crippen LogP contribution in [-0.4, -0.2) is 47.7 Å². The van der Waals surface area contributed by atoms with Crippen molar-refractivity contribution in [2.75, 3.05) is 18.9 Å². The number of rotatable bonds is 5. The third kappa shape index (κ3) is 3.89. The summed E-state index contributed by atoms with van der Waals surface area (Å²) in [5.41, 5.74) is 9.30. The molecule has 0 bridgehead atoms. The molecule has 2 N–H and O–H groups in total. The average Bonchev–Trinajstić information content (AvgIpc) is 3.29. The zero-order valence-electron chi connectivity index (χ0n) is 17.4. The molecular formula is C25H27N3O3. The zero-order chi connectivity index (χ0) is 21.2. The molecule has 160 valence electrons. The third-order valence-electron chi connectivity index (χ3n) is 6.56. The molecule has 2 fully saturated rings. The maximum atomic E-state index is 11.6. The molecule has 31 heavy (non-hydrogen) atoms. The topological polar surface area (TPSA) is 77.7 Å². The lowest BCUT2D eigenvalue weighted by Gasteiger charge is -2.43. The standard InChI is InChI=1S/C25H27N3O3/c26-24-20(9-8-17-5-4-12-27-25(17)24)18-10-13-28(21-11-14-30-22(21)16-29)23(15-18)31-19-6-2-1-3-7-19/h1-9,12,16,18,21-23H,10-11,13-15,26H2/t18?,21?,22-,23?/m0/s1. The van der Waals surface area contributed by atoms with Crippen molar-refractivity contribution in [3.63, 3.8) is 0 Å². The first-order valence-electron chi connectivity index (χ1n) is 10.9. The van der Waals surface area contributed by atoms with Gasteiger partial charge in [-0.2, -0.15) is 0 Å². The van der Waals surface area contributed by atoms with Gasteiger partial charge in [0, 0.05) is 37.2 Å². The maximum Gasteiger partial charge on any atom is 0.153 e. The molecule has 3 heterocycles. The van der Waals surface area contributed by atoms with E-state index in [2.05, 4.69) is 22.0 Å². The number of para-hydroxylation sites is 1. The smallest absolute Gasteiger partial charge is 0.153 e. The minimum absolute atomic E-state index is 0.0442. The fourth-order valence-corrected chi connectivity index (χ4v) is 5.00. The third-order valence-corrected chi connectivity index (χ3v) is 6.56. The summed E-state index contributed by atoms with van der Waals surface area (Å²) in [4.78, 5) is 18.4. The number of carbonyl (C=O) groups excluding carboxylic acids is 1. The number of nitrogens with zero attached hydrogens (tertiary/aromatic N) is 2. The Kier molecular flexibility index (Phi) is 5.57. The average molecular weight is 418 g/mol. The number of piperidine rings is 1. The molecule has 2 saturated heterocycles. The highest BCUT2D eigenvalue weighted by Gasteiger charge is 2.41. The summed E-state index contributed by atoms with van der Waals surface area (Å²) in [6, 6.07) is 18.1. The van der Waals surface area contributed by atoms with Gasteiger partial charge >= 0.3 is 0 Å². The number of carbonyl (C=O) groups is 1. The minimum atomic E-state index is -0.395. The Morgan fingerprint density at radius 1 is 1.10 bits per heavy atom. The number of nitrogens with two attached hydrogens (primary N) is 1. The monoisotopic (exact) mass is 417 g/mol. The van der Waals surface area contributed by atoms with E-state index in [0.717, 1.165) is 60.0 Å². The lowest BCUT2D eigenvalue weighted by atomic mass is 9.85. The highest BCUT2D eigenvalue weighted by atomic mass is 16.5. The maximum absolute atomic E-state index is 11.6. The summed E-state index contributed by atoms with van der Waals surface area (Å²) in [6.07, 6.45) is 4.73. The van der Waals surface area contributed by atoms with Crippen LogP contribution < -0.4 is 10.5 Å². The van der Waals surface area contributed by atoms with Gasteiger partial charge in [-0.05, 0) is 42.5 Å². The molecule has 0 spiro atoms. The molecule has 2 aromatic carbocycles. The SMILES string of the molecule is Nc1c(C2CCN(C3CCO[C@H]3C=O)C(Oc3ccccc3)C2)ccc2cccnc12. The van der Waals surface area contributed by atoms with Crippen LogP contribution in [0.4, 0.5) is 5.69 Å². The Morgan fingerprint density at radius 3 is 2.81 bits per heavy atom. The number of aromatic nitrogens is 1. The van der Waals surface area contributed by atoms with Crippen molar-refractivity contribution in [2.24, 2.45) is 0 Å². The number of anilines is 1. The Bertz CT molecular complexity index is 1060. The number of aldehydes is 1. The van der Waals surface area contributed by atoms with Gasteiger partial charge in [0.2, 0.25) is 0 Å². The molecule has 6 heteroatoms. The predicted molar refractivity (Wildman–Crippen MR) is 120 cm³/mol. The summed E-state index contributed by atoms with van der Waals surface area (Å²) in [7, 11) is 0. The van der Waals surface area contributed by atoms with Crippen LogP contribution >= 0.6 is 0 Å². The first kappa shape index (κ1) is 20.0. The van der Waals surface area contributed by atoms with Crippen LogP contribution in [0.25, 0.3) is 10.9 Å². The second-order valence-electron chi connectivity index (χ2n) is 8.32. The highest BCUT2D eigenvalue weighted by molar-refractivity contribution is 5.91. The number of ether oxygens (including phenoxy) is 2. The fourth-order valence-electron chi connectivity index (χ4n) is 5.00. The molecule has 3 unspecified atom stereocenters. The molecule has 0 radical (unpaired) electrons. The number of likely N-dealkylation sites (tertiary alicyclic amines) is 1. The summed E-state index contributed by atoms with van der Waals surface area (Å²) in [5.74, 6) is 1.08. The number of hydrogen-bond acceptors (Lipinski definition) is 6. The number of fused-ring (bicyclic) bond motifs is 1. The second kappa shape index (κ2) is 8.65. The molecule has 2 aliphatic rings. The summed E-state index contributed by atoms with van der Waals surface area (Å²) in [5, 5.41) is 1.05. The Labute approximate surface area is 182 Å². The van der Waals surface area contributed by atoms with Gasteiger partial charge in [0.1, 0.15) is 18.1 Å². The molecule has 3 aromatic rings. The van der Waals surface area contributed by atoms with Crippen LogP contribution in [0.1, 0.15) is 30.7 Å². The van der Waals surface area contributed by atoms with E-state index in [1.807, 2.05) is 42.5 Å². The normalized spacial score (nSPS) is 26.7. The van der Waals surface area contributed by atoms with Crippen LogP contribution in [0, 0.1) is 0 Å². The molecule has 0 aliphatic carbocycles. The zero-order valence-corrected chi connectivity index (χ0v) is 17.4. The van der Waals surface area contributed by atoms with Crippen molar-refractivity contribution in [2.45, 2.75) is 43.6 Å². The number of hydrogen-bond donors (Lipinski definition) is 1. The van der Waals surface area contributed by atoms with Gasteiger partial charge in [0.05, 0.1) is 11.2 Å². The summed E-state index contributed by atoms with van der Waals surface area (Å²) in [6.45, 7) is 1.43. The number of nitrogen functional groups attached to an aromatic ring is 1. The molecule has 2 aliphatic heterocycles. The van der Waals surface area contributed by atoms with Crippen molar-refractivity contribution in [1.82, 2.24) is 9.88 Å². The van der Waals surface area contributed by atoms with E-state index in [9.17, 15) is 4.79 Å². The van der Waals surface area contributed by atoms with E-state index < -0.39 is 6.10 Å². The Balaban J connectivity index is 1.45. The molecule has 4 atom stereocenters. The summed E-state index contributed by atoms with van der Waals surface area (Å²) >= 11 is 0. The molecule has 0 amide bonds. The van der Waals surface area contributed by atoms with Gasteiger partial charge in [-0.3, -0.25) is 9.88 Å². The van der Waals surface area contributed by atoms with Crippen LogP contribution in [0.5, 0.6) is 5.75 Å². The largest absolute Gasteiger partial charge is 0.475 e. The van der Waals surface area contributed by atoms with Gasteiger partial charge in [0.25, 0.3) is 0 Å². The van der Waals surface area contributed by atoms with E-state index in [1.54, 1.807) is 6.20 Å². The lowest BCUT2D eigenvalue weighted by Crippen LogP contribution is -2.53. The molecule has 5 rings (SSSR count). The second-order valence-corrected chi connectivity index (χ2v) is 8.32. The van der Waals surface area contributed by atoms with E-state index in [4.69, 9.17) is 15.2 Å². The van der Waals surface area contributed by atoms with E-state index in [1.165, 1.54) is 0 Å². The molecular weight excluding hydrogens is 390 g/mol. The summed E-state index contributed by atoms with van der Waals surface area (Å²) < 4.78 is 12.1. The van der Waals surface area contributed by atoms with E-state index >= 15 is 0 Å². The number of pyridine rings is 1. The van der Waals surface area contributed by atoms with Crippen molar-refractivity contribution in [3.05, 3.63) is 66.4 Å². The van der Waals surface area contributed by atoms with Crippen LogP contribution in [0.3, 0.4) is 0 Å². The van der Waals surface area contributed by atoms with Crippen molar-refractivity contribution < 1.29 is 14.3 Å². The van der Waals surface area contributed by atoms with Gasteiger partial charge in [-0.15, -0.1) is 0 Å². The first-order chi connectivity index (χ1) is 15.2. The van der Waals surface area contributed by atoms with Crippen LogP contribution in [0.2, 0.25) is 0 Å². The van der Waals surface area contributed by atoms with E-state index in [0.29, 0.717) is 6.61 Å². The minimum Gasteiger partial charge on any atom is -0.475 e. The Morgan fingerprint density at radius 2 is 1.97 bits per heavy atom. The van der Waals surface area contributed by atoms with Crippen molar-refractivity contribution in [1.29, 1.82) is 0 Å². The predicted octanol–water partition coefficient (Wildman–Crippen LogP) is 3.76. The van der Waals surface area contributed by atoms with Gasteiger partial charge in [-0.25, -0.2) is 0 Å². The van der Waals surface area contributed by atoms with Crippen molar-refractivity contribution in [3.8, 4) is 5.75 Å². The highest BCUT2D eigenvalue weighted by Crippen LogP contribution is 2.39.